The Morgan fingerprint density at radius 3 is 2.37 bits per heavy atom. The standard InChI is InChI=1S/C27H20F3N5O3/c1-34-14-31-33-23(34)17-6-3-2-5-16(17)15-11-21(26(9-10-26)25(37)38)32-22(12-15)35-13-19-18(24(35)36)7-4-8-20(19)27(28,29)30/h2-8,11-12,14H,9-10,13H2,1H3,(H,37,38). The van der Waals surface area contributed by atoms with Crippen molar-refractivity contribution in [3.63, 3.8) is 0 Å². The van der Waals surface area contributed by atoms with Gasteiger partial charge in [-0.2, -0.15) is 13.2 Å². The Morgan fingerprint density at radius 1 is 1.03 bits per heavy atom. The fraction of sp³-hybridized carbons (Fsp3) is 0.222. The van der Waals surface area contributed by atoms with Crippen molar-refractivity contribution in [1.29, 1.82) is 0 Å². The van der Waals surface area contributed by atoms with E-state index in [9.17, 15) is 27.9 Å². The minimum atomic E-state index is -4.63. The summed E-state index contributed by atoms with van der Waals surface area (Å²) in [4.78, 5) is 31.2. The van der Waals surface area contributed by atoms with Gasteiger partial charge in [-0.25, -0.2) is 4.98 Å². The molecule has 2 aromatic carbocycles. The number of fused-ring (bicyclic) bond motifs is 1. The number of hydrogen-bond acceptors (Lipinski definition) is 5. The topological polar surface area (TPSA) is 101 Å². The smallest absolute Gasteiger partial charge is 0.416 e. The number of carboxylic acids is 1. The first kappa shape index (κ1) is 23.8. The van der Waals surface area contributed by atoms with E-state index in [-0.39, 0.29) is 29.2 Å². The second kappa shape index (κ2) is 8.23. The highest BCUT2D eigenvalue weighted by Crippen LogP contribution is 2.49. The lowest BCUT2D eigenvalue weighted by Gasteiger charge is -2.20. The van der Waals surface area contributed by atoms with Crippen LogP contribution in [0.15, 0.2) is 60.9 Å². The summed E-state index contributed by atoms with van der Waals surface area (Å²) in [5.74, 6) is -1.000. The Hall–Kier alpha value is -4.54. The number of halogens is 3. The first-order valence-corrected chi connectivity index (χ1v) is 11.8. The number of carboxylic acid groups (broad SMARTS) is 1. The number of amides is 1. The van der Waals surface area contributed by atoms with Crippen molar-refractivity contribution < 1.29 is 27.9 Å². The Labute approximate surface area is 214 Å². The minimum absolute atomic E-state index is 0.0487. The molecule has 2 aliphatic rings. The second-order valence-electron chi connectivity index (χ2n) is 9.52. The highest BCUT2D eigenvalue weighted by molar-refractivity contribution is 6.10. The number of carbonyl (C=O) groups excluding carboxylic acids is 1. The molecule has 0 spiro atoms. The molecule has 1 amide bonds. The zero-order chi connectivity index (χ0) is 26.8. The van der Waals surface area contributed by atoms with Crippen molar-refractivity contribution >= 4 is 17.7 Å². The van der Waals surface area contributed by atoms with Gasteiger partial charge in [0, 0.05) is 18.2 Å². The molecule has 6 rings (SSSR count). The number of aryl methyl sites for hydroxylation is 1. The Kier molecular flexibility index (Phi) is 5.17. The van der Waals surface area contributed by atoms with E-state index in [1.54, 1.807) is 30.1 Å². The van der Waals surface area contributed by atoms with Crippen LogP contribution in [0.5, 0.6) is 0 Å². The van der Waals surface area contributed by atoms with Crippen molar-refractivity contribution in [2.45, 2.75) is 31.0 Å². The Morgan fingerprint density at radius 2 is 1.74 bits per heavy atom. The van der Waals surface area contributed by atoms with Gasteiger partial charge in [-0.1, -0.05) is 30.3 Å². The molecule has 192 valence electrons. The van der Waals surface area contributed by atoms with Gasteiger partial charge in [0.2, 0.25) is 0 Å². The number of aromatic nitrogens is 4. The summed E-state index contributed by atoms with van der Waals surface area (Å²) >= 11 is 0. The molecule has 1 fully saturated rings. The maximum atomic E-state index is 13.7. The molecule has 8 nitrogen and oxygen atoms in total. The van der Waals surface area contributed by atoms with Crippen LogP contribution in [0.1, 0.15) is 40.0 Å². The molecule has 0 unspecified atom stereocenters. The van der Waals surface area contributed by atoms with E-state index in [2.05, 4.69) is 15.2 Å². The van der Waals surface area contributed by atoms with Crippen LogP contribution in [0.3, 0.4) is 0 Å². The van der Waals surface area contributed by atoms with Gasteiger partial charge in [0.15, 0.2) is 5.82 Å². The van der Waals surface area contributed by atoms with Gasteiger partial charge >= 0.3 is 12.1 Å². The predicted molar refractivity (Wildman–Crippen MR) is 130 cm³/mol. The lowest BCUT2D eigenvalue weighted by molar-refractivity contribution is -0.140. The van der Waals surface area contributed by atoms with Crippen molar-refractivity contribution in [1.82, 2.24) is 19.7 Å². The van der Waals surface area contributed by atoms with Crippen LogP contribution in [-0.2, 0) is 30.0 Å². The normalized spacial score (nSPS) is 16.0. The second-order valence-corrected chi connectivity index (χ2v) is 9.52. The number of anilines is 1. The number of benzene rings is 2. The number of aliphatic carboxylic acids is 1. The fourth-order valence-electron chi connectivity index (χ4n) is 5.00. The van der Waals surface area contributed by atoms with Crippen molar-refractivity contribution in [2.24, 2.45) is 7.05 Å². The monoisotopic (exact) mass is 519 g/mol. The van der Waals surface area contributed by atoms with Gasteiger partial charge in [0.1, 0.15) is 17.6 Å². The lowest BCUT2D eigenvalue weighted by atomic mass is 9.95. The molecular formula is C27H20F3N5O3. The van der Waals surface area contributed by atoms with Crippen molar-refractivity contribution in [2.75, 3.05) is 4.90 Å². The lowest BCUT2D eigenvalue weighted by Crippen LogP contribution is -2.27. The third-order valence-electron chi connectivity index (χ3n) is 7.20. The molecule has 11 heteroatoms. The maximum Gasteiger partial charge on any atom is 0.416 e. The van der Waals surface area contributed by atoms with Crippen LogP contribution in [0.4, 0.5) is 19.0 Å². The van der Waals surface area contributed by atoms with E-state index >= 15 is 0 Å². The van der Waals surface area contributed by atoms with Gasteiger partial charge in [0.25, 0.3) is 5.91 Å². The zero-order valence-corrected chi connectivity index (χ0v) is 20.0. The van der Waals surface area contributed by atoms with E-state index in [1.165, 1.54) is 17.0 Å². The van der Waals surface area contributed by atoms with Gasteiger partial charge in [-0.05, 0) is 53.8 Å². The molecule has 4 aromatic rings. The van der Waals surface area contributed by atoms with Gasteiger partial charge in [0.05, 0.1) is 17.8 Å². The summed E-state index contributed by atoms with van der Waals surface area (Å²) in [7, 11) is 1.79. The number of alkyl halides is 3. The highest BCUT2D eigenvalue weighted by atomic mass is 19.4. The fourth-order valence-corrected chi connectivity index (χ4v) is 5.00. The van der Waals surface area contributed by atoms with E-state index in [0.29, 0.717) is 35.4 Å². The Bertz CT molecular complexity index is 1620. The molecule has 2 aromatic heterocycles. The van der Waals surface area contributed by atoms with Gasteiger partial charge in [-0.15, -0.1) is 10.2 Å². The van der Waals surface area contributed by atoms with Crippen LogP contribution >= 0.6 is 0 Å². The average Bonchev–Trinajstić information content (AvgIpc) is 3.50. The summed E-state index contributed by atoms with van der Waals surface area (Å²) in [5.41, 5.74) is -0.0388. The molecule has 0 saturated heterocycles. The number of nitrogens with zero attached hydrogens (tertiary/aromatic N) is 5. The molecule has 0 atom stereocenters. The zero-order valence-electron chi connectivity index (χ0n) is 20.0. The van der Waals surface area contributed by atoms with Crippen molar-refractivity contribution in [3.05, 3.63) is 83.3 Å². The molecule has 1 aliphatic carbocycles. The summed E-state index contributed by atoms with van der Waals surface area (Å²) in [6.45, 7) is -0.329. The molecular weight excluding hydrogens is 499 g/mol. The predicted octanol–water partition coefficient (Wildman–Crippen LogP) is 4.84. The molecule has 1 saturated carbocycles. The highest BCUT2D eigenvalue weighted by Gasteiger charge is 2.53. The average molecular weight is 519 g/mol. The number of carbonyl (C=O) groups is 2. The van der Waals surface area contributed by atoms with Gasteiger partial charge in [-0.3, -0.25) is 14.5 Å². The van der Waals surface area contributed by atoms with Crippen LogP contribution in [0.25, 0.3) is 22.5 Å². The molecule has 1 aliphatic heterocycles. The number of rotatable bonds is 5. The van der Waals surface area contributed by atoms with E-state index in [0.717, 1.165) is 6.07 Å². The molecule has 3 heterocycles. The maximum absolute atomic E-state index is 13.7. The number of pyridine rings is 1. The SMILES string of the molecule is Cn1cnnc1-c1ccccc1-c1cc(N2Cc3c(cccc3C(F)(F)F)C2=O)nc(C2(C(=O)O)CC2)c1. The first-order chi connectivity index (χ1) is 18.1. The largest absolute Gasteiger partial charge is 0.481 e. The van der Waals surface area contributed by atoms with Crippen LogP contribution in [0.2, 0.25) is 0 Å². The van der Waals surface area contributed by atoms with E-state index in [1.807, 2.05) is 24.3 Å². The molecule has 38 heavy (non-hydrogen) atoms. The number of hydrogen-bond donors (Lipinski definition) is 1. The third-order valence-corrected chi connectivity index (χ3v) is 7.20. The summed E-state index contributed by atoms with van der Waals surface area (Å²) < 4.78 is 42.8. The first-order valence-electron chi connectivity index (χ1n) is 11.8. The molecule has 1 N–H and O–H groups in total. The van der Waals surface area contributed by atoms with Crippen LogP contribution in [-0.4, -0.2) is 36.7 Å². The summed E-state index contributed by atoms with van der Waals surface area (Å²) in [6, 6.07) is 14.1. The van der Waals surface area contributed by atoms with Gasteiger partial charge < -0.3 is 9.67 Å². The van der Waals surface area contributed by atoms with Crippen LogP contribution in [0, 0.1) is 0 Å². The van der Waals surface area contributed by atoms with Crippen molar-refractivity contribution in [3.8, 4) is 22.5 Å². The quantitative estimate of drug-likeness (QED) is 0.405. The summed E-state index contributed by atoms with van der Waals surface area (Å²) in [5, 5.41) is 18.1. The molecule has 0 radical (unpaired) electrons. The minimum Gasteiger partial charge on any atom is -0.481 e. The van der Waals surface area contributed by atoms with E-state index < -0.39 is 29.0 Å². The molecule has 0 bridgehead atoms. The third kappa shape index (κ3) is 3.65. The Balaban J connectivity index is 1.53. The van der Waals surface area contributed by atoms with E-state index in [4.69, 9.17) is 0 Å². The summed E-state index contributed by atoms with van der Waals surface area (Å²) in [6.07, 6.45) is -2.33. The van der Waals surface area contributed by atoms with Crippen LogP contribution < -0.4 is 4.90 Å².